The van der Waals surface area contributed by atoms with Crippen LogP contribution in [0, 0.1) is 0 Å². The van der Waals surface area contributed by atoms with E-state index < -0.39 is 0 Å². The van der Waals surface area contributed by atoms with Gasteiger partial charge in [0.1, 0.15) is 0 Å². The molecule has 0 spiro atoms. The Bertz CT molecular complexity index is 245. The van der Waals surface area contributed by atoms with Gasteiger partial charge in [-0.05, 0) is 38.5 Å². The molecule has 0 aromatic rings. The fourth-order valence-electron chi connectivity index (χ4n) is 2.86. The van der Waals surface area contributed by atoms with E-state index >= 15 is 0 Å². The Balaban J connectivity index is 2.02. The Morgan fingerprint density at radius 1 is 0.750 bits per heavy atom. The highest BCUT2D eigenvalue weighted by Gasteiger charge is 2.48. The molecule has 0 aliphatic heterocycles. The molecule has 0 amide bonds. The SMILES string of the molecule is COC=NC12CCC(N=COC)(CC1)CC2. The van der Waals surface area contributed by atoms with Gasteiger partial charge in [0.05, 0.1) is 25.3 Å². The molecule has 4 heteroatoms. The van der Waals surface area contributed by atoms with E-state index in [1.165, 1.54) is 0 Å². The molecular weight excluding hydrogens is 204 g/mol. The van der Waals surface area contributed by atoms with Crippen LogP contribution in [-0.2, 0) is 9.47 Å². The molecular formula is C12H20N2O2. The number of methoxy groups -OCH3 is 2. The first-order valence-electron chi connectivity index (χ1n) is 5.87. The van der Waals surface area contributed by atoms with Gasteiger partial charge in [-0.3, -0.25) is 9.98 Å². The standard InChI is InChI=1S/C12H20N2O2/c1-15-9-13-11-3-6-12(7-4-11,8-5-11)14-10-16-2/h9-10H,3-8H2,1-2H3. The van der Waals surface area contributed by atoms with Crippen molar-refractivity contribution in [2.45, 2.75) is 49.6 Å². The van der Waals surface area contributed by atoms with E-state index in [1.54, 1.807) is 27.0 Å². The molecule has 0 atom stereocenters. The van der Waals surface area contributed by atoms with E-state index in [1.807, 2.05) is 0 Å². The van der Waals surface area contributed by atoms with Crippen molar-refractivity contribution in [2.24, 2.45) is 9.98 Å². The average Bonchev–Trinajstić information content (AvgIpc) is 2.37. The maximum atomic E-state index is 4.94. The van der Waals surface area contributed by atoms with Crippen molar-refractivity contribution >= 4 is 12.8 Å². The quantitative estimate of drug-likeness (QED) is 0.542. The minimum atomic E-state index is 0.139. The zero-order valence-electron chi connectivity index (χ0n) is 10.1. The van der Waals surface area contributed by atoms with Crippen LogP contribution in [0.1, 0.15) is 38.5 Å². The molecule has 16 heavy (non-hydrogen) atoms. The monoisotopic (exact) mass is 224 g/mol. The highest BCUT2D eigenvalue weighted by Crippen LogP contribution is 2.50. The van der Waals surface area contributed by atoms with E-state index in [9.17, 15) is 0 Å². The van der Waals surface area contributed by atoms with Gasteiger partial charge >= 0.3 is 0 Å². The molecule has 90 valence electrons. The molecule has 0 N–H and O–H groups in total. The topological polar surface area (TPSA) is 43.2 Å². The first kappa shape index (κ1) is 11.4. The van der Waals surface area contributed by atoms with Gasteiger partial charge < -0.3 is 9.47 Å². The van der Waals surface area contributed by atoms with Gasteiger partial charge in [-0.2, -0.15) is 0 Å². The van der Waals surface area contributed by atoms with Crippen LogP contribution in [0.4, 0.5) is 0 Å². The second-order valence-corrected chi connectivity index (χ2v) is 4.89. The summed E-state index contributed by atoms with van der Waals surface area (Å²) in [6.07, 6.45) is 9.90. The number of fused-ring (bicyclic) bond motifs is 3. The molecule has 0 unspecified atom stereocenters. The summed E-state index contributed by atoms with van der Waals surface area (Å²) in [6, 6.07) is 0. The van der Waals surface area contributed by atoms with E-state index in [4.69, 9.17) is 9.47 Å². The van der Waals surface area contributed by atoms with Crippen molar-refractivity contribution in [3.63, 3.8) is 0 Å². The maximum Gasteiger partial charge on any atom is 0.169 e. The first-order valence-corrected chi connectivity index (χ1v) is 5.87. The van der Waals surface area contributed by atoms with Crippen LogP contribution in [0.2, 0.25) is 0 Å². The highest BCUT2D eigenvalue weighted by atomic mass is 16.5. The summed E-state index contributed by atoms with van der Waals surface area (Å²) >= 11 is 0. The second-order valence-electron chi connectivity index (χ2n) is 4.89. The zero-order chi connectivity index (χ0) is 11.5. The molecule has 0 heterocycles. The average molecular weight is 224 g/mol. The van der Waals surface area contributed by atoms with Crippen molar-refractivity contribution in [3.8, 4) is 0 Å². The normalized spacial score (nSPS) is 38.4. The van der Waals surface area contributed by atoms with Crippen LogP contribution < -0.4 is 0 Å². The van der Waals surface area contributed by atoms with Gasteiger partial charge in [0.25, 0.3) is 0 Å². The Kier molecular flexibility index (Phi) is 3.17. The summed E-state index contributed by atoms with van der Waals surface area (Å²) in [5, 5.41) is 0. The molecule has 2 bridgehead atoms. The van der Waals surface area contributed by atoms with Gasteiger partial charge in [0, 0.05) is 0 Å². The van der Waals surface area contributed by atoms with Crippen molar-refractivity contribution in [1.82, 2.24) is 0 Å². The van der Waals surface area contributed by atoms with Gasteiger partial charge in [0.15, 0.2) is 12.8 Å². The molecule has 0 aromatic carbocycles. The minimum absolute atomic E-state index is 0.139. The fourth-order valence-corrected chi connectivity index (χ4v) is 2.86. The van der Waals surface area contributed by atoms with Crippen molar-refractivity contribution in [1.29, 1.82) is 0 Å². The summed E-state index contributed by atoms with van der Waals surface area (Å²) in [7, 11) is 3.30. The molecule has 4 nitrogen and oxygen atoms in total. The molecule has 3 rings (SSSR count). The van der Waals surface area contributed by atoms with E-state index in [2.05, 4.69) is 9.98 Å². The van der Waals surface area contributed by atoms with Crippen LogP contribution in [0.5, 0.6) is 0 Å². The third-order valence-electron chi connectivity index (χ3n) is 4.03. The van der Waals surface area contributed by atoms with Crippen LogP contribution in [0.25, 0.3) is 0 Å². The van der Waals surface area contributed by atoms with Gasteiger partial charge in [0.2, 0.25) is 0 Å². The minimum Gasteiger partial charge on any atom is -0.487 e. The molecule has 3 saturated carbocycles. The Morgan fingerprint density at radius 3 is 1.31 bits per heavy atom. The lowest BCUT2D eigenvalue weighted by molar-refractivity contribution is 0.113. The number of nitrogens with zero attached hydrogens (tertiary/aromatic N) is 2. The van der Waals surface area contributed by atoms with Crippen LogP contribution >= 0.6 is 0 Å². The van der Waals surface area contributed by atoms with Gasteiger partial charge in [-0.1, -0.05) is 0 Å². The smallest absolute Gasteiger partial charge is 0.169 e. The Hall–Kier alpha value is -1.06. The number of aliphatic imine (C=N–C) groups is 2. The second kappa shape index (κ2) is 4.44. The molecule has 3 fully saturated rings. The Morgan fingerprint density at radius 2 is 1.06 bits per heavy atom. The summed E-state index contributed by atoms with van der Waals surface area (Å²) in [5.74, 6) is 0. The summed E-state index contributed by atoms with van der Waals surface area (Å²) in [6.45, 7) is 0. The van der Waals surface area contributed by atoms with E-state index in [0.29, 0.717) is 0 Å². The predicted octanol–water partition coefficient (Wildman–Crippen LogP) is 2.18. The van der Waals surface area contributed by atoms with Gasteiger partial charge in [-0.25, -0.2) is 0 Å². The predicted molar refractivity (Wildman–Crippen MR) is 64.2 cm³/mol. The largest absolute Gasteiger partial charge is 0.487 e. The molecule has 0 saturated heterocycles. The van der Waals surface area contributed by atoms with Crippen LogP contribution in [0.3, 0.4) is 0 Å². The summed E-state index contributed by atoms with van der Waals surface area (Å²) in [4.78, 5) is 9.14. The molecule has 0 radical (unpaired) electrons. The third kappa shape index (κ3) is 2.06. The number of ether oxygens (including phenoxy) is 2. The highest BCUT2D eigenvalue weighted by molar-refractivity contribution is 5.48. The zero-order valence-corrected chi connectivity index (χ0v) is 10.1. The summed E-state index contributed by atoms with van der Waals surface area (Å²) < 4.78 is 9.87. The third-order valence-corrected chi connectivity index (χ3v) is 4.03. The lowest BCUT2D eigenvalue weighted by atomic mass is 9.62. The lowest BCUT2D eigenvalue weighted by Crippen LogP contribution is -2.48. The number of rotatable bonds is 4. The van der Waals surface area contributed by atoms with E-state index in [-0.39, 0.29) is 11.1 Å². The van der Waals surface area contributed by atoms with Crippen LogP contribution in [0.15, 0.2) is 9.98 Å². The summed E-state index contributed by atoms with van der Waals surface area (Å²) in [5.41, 5.74) is 0.278. The fraction of sp³-hybridized carbons (Fsp3) is 0.833. The van der Waals surface area contributed by atoms with E-state index in [0.717, 1.165) is 38.5 Å². The molecule has 3 aliphatic rings. The molecule has 0 aromatic heterocycles. The number of hydrogen-bond donors (Lipinski definition) is 0. The van der Waals surface area contributed by atoms with Crippen LogP contribution in [-0.4, -0.2) is 38.1 Å². The lowest BCUT2D eigenvalue weighted by Gasteiger charge is -2.49. The van der Waals surface area contributed by atoms with Crippen molar-refractivity contribution in [3.05, 3.63) is 0 Å². The van der Waals surface area contributed by atoms with Gasteiger partial charge in [-0.15, -0.1) is 0 Å². The van der Waals surface area contributed by atoms with Crippen molar-refractivity contribution < 1.29 is 9.47 Å². The number of hydrogen-bond acceptors (Lipinski definition) is 4. The Labute approximate surface area is 96.8 Å². The molecule has 3 aliphatic carbocycles. The maximum absolute atomic E-state index is 4.94. The van der Waals surface area contributed by atoms with Crippen molar-refractivity contribution in [2.75, 3.05) is 14.2 Å². The first-order chi connectivity index (χ1) is 7.74.